The third-order valence-electron chi connectivity index (χ3n) is 4.56. The van der Waals surface area contributed by atoms with Gasteiger partial charge in [0.15, 0.2) is 0 Å². The fourth-order valence-electron chi connectivity index (χ4n) is 3.18. The van der Waals surface area contributed by atoms with E-state index in [-0.39, 0.29) is 23.1 Å². The van der Waals surface area contributed by atoms with Crippen molar-refractivity contribution in [2.75, 3.05) is 19.6 Å². The molecule has 1 aromatic heterocycles. The van der Waals surface area contributed by atoms with E-state index < -0.39 is 0 Å². The van der Waals surface area contributed by atoms with E-state index in [0.29, 0.717) is 31.3 Å². The van der Waals surface area contributed by atoms with Crippen LogP contribution in [-0.4, -0.2) is 41.3 Å². The molecular formula is C19H23N3O3. The molecule has 0 atom stereocenters. The van der Waals surface area contributed by atoms with Crippen LogP contribution < -0.4 is 10.9 Å². The molecule has 25 heavy (non-hydrogen) atoms. The summed E-state index contributed by atoms with van der Waals surface area (Å²) in [4.78, 5) is 40.7. The van der Waals surface area contributed by atoms with Crippen molar-refractivity contribution in [3.05, 3.63) is 46.4 Å². The first-order valence-electron chi connectivity index (χ1n) is 8.83. The summed E-state index contributed by atoms with van der Waals surface area (Å²) >= 11 is 0. The topological polar surface area (TPSA) is 82.3 Å². The molecule has 0 aliphatic carbocycles. The number of carbonyl (C=O) groups is 2. The maximum Gasteiger partial charge on any atom is 0.267 e. The van der Waals surface area contributed by atoms with Crippen LogP contribution in [0.2, 0.25) is 0 Å². The number of nitrogens with zero attached hydrogens (tertiary/aromatic N) is 1. The lowest BCUT2D eigenvalue weighted by Crippen LogP contribution is -2.34. The van der Waals surface area contributed by atoms with Gasteiger partial charge in [-0.2, -0.15) is 0 Å². The molecule has 0 bridgehead atoms. The van der Waals surface area contributed by atoms with Gasteiger partial charge in [0.05, 0.1) is 0 Å². The minimum absolute atomic E-state index is 0.211. The number of pyridine rings is 1. The lowest BCUT2D eigenvalue weighted by molar-refractivity contribution is -0.130. The highest BCUT2D eigenvalue weighted by Crippen LogP contribution is 2.11. The number of rotatable bonds is 5. The summed E-state index contributed by atoms with van der Waals surface area (Å²) in [6.45, 7) is 1.94. The Labute approximate surface area is 146 Å². The molecule has 1 saturated heterocycles. The summed E-state index contributed by atoms with van der Waals surface area (Å²) in [5.74, 6) is -0.0901. The van der Waals surface area contributed by atoms with Gasteiger partial charge in [-0.15, -0.1) is 0 Å². The summed E-state index contributed by atoms with van der Waals surface area (Å²) in [6.07, 6.45) is 4.46. The lowest BCUT2D eigenvalue weighted by atomic mass is 10.1. The normalized spacial score (nSPS) is 15.2. The zero-order chi connectivity index (χ0) is 17.6. The number of aromatic nitrogens is 1. The maximum atomic E-state index is 12.2. The van der Waals surface area contributed by atoms with Gasteiger partial charge in [0.2, 0.25) is 5.91 Å². The Morgan fingerprint density at radius 3 is 2.88 bits per heavy atom. The number of aromatic amines is 1. The number of hydrogen-bond donors (Lipinski definition) is 2. The number of likely N-dealkylation sites (tertiary alicyclic amines) is 1. The van der Waals surface area contributed by atoms with Crippen molar-refractivity contribution >= 4 is 22.6 Å². The van der Waals surface area contributed by atoms with E-state index in [1.165, 1.54) is 0 Å². The van der Waals surface area contributed by atoms with Gasteiger partial charge >= 0.3 is 0 Å². The molecule has 2 aromatic rings. The Hall–Kier alpha value is -2.63. The van der Waals surface area contributed by atoms with Crippen LogP contribution >= 0.6 is 0 Å². The van der Waals surface area contributed by atoms with E-state index in [1.807, 2.05) is 17.0 Å². The van der Waals surface area contributed by atoms with Crippen LogP contribution in [0.15, 0.2) is 35.1 Å². The first-order valence-corrected chi connectivity index (χ1v) is 8.83. The summed E-state index contributed by atoms with van der Waals surface area (Å²) < 4.78 is 0. The molecule has 2 N–H and O–H groups in total. The Morgan fingerprint density at radius 1 is 1.16 bits per heavy atom. The summed E-state index contributed by atoms with van der Waals surface area (Å²) in [6, 6.07) is 8.86. The van der Waals surface area contributed by atoms with E-state index in [4.69, 9.17) is 0 Å². The second-order valence-corrected chi connectivity index (χ2v) is 6.40. The number of nitrogens with one attached hydrogen (secondary N) is 2. The molecule has 3 rings (SSSR count). The Balaban J connectivity index is 1.54. The quantitative estimate of drug-likeness (QED) is 0.817. The van der Waals surface area contributed by atoms with Crippen molar-refractivity contribution in [3.63, 3.8) is 0 Å². The van der Waals surface area contributed by atoms with Gasteiger partial charge in [0.1, 0.15) is 5.69 Å². The number of H-pyrrole nitrogens is 1. The van der Waals surface area contributed by atoms with Crippen LogP contribution in [0.1, 0.15) is 42.6 Å². The second kappa shape index (κ2) is 7.96. The first kappa shape index (κ1) is 17.2. The van der Waals surface area contributed by atoms with Crippen molar-refractivity contribution in [2.24, 2.45) is 0 Å². The Morgan fingerprint density at radius 2 is 2.00 bits per heavy atom. The Bertz CT molecular complexity index is 828. The number of fused-ring (bicyclic) bond motifs is 1. The fourth-order valence-corrected chi connectivity index (χ4v) is 3.18. The molecule has 0 saturated carbocycles. The van der Waals surface area contributed by atoms with Crippen molar-refractivity contribution < 1.29 is 9.59 Å². The number of amides is 2. The van der Waals surface area contributed by atoms with E-state index in [9.17, 15) is 14.4 Å². The largest absolute Gasteiger partial charge is 0.351 e. The Kier molecular flexibility index (Phi) is 5.48. The van der Waals surface area contributed by atoms with Crippen LogP contribution in [0, 0.1) is 0 Å². The molecule has 132 valence electrons. The molecule has 0 spiro atoms. The van der Waals surface area contributed by atoms with Crippen molar-refractivity contribution in [1.29, 1.82) is 0 Å². The average Bonchev–Trinajstić information content (AvgIpc) is 2.83. The first-order chi connectivity index (χ1) is 12.1. The molecule has 1 fully saturated rings. The second-order valence-electron chi connectivity index (χ2n) is 6.40. The smallest absolute Gasteiger partial charge is 0.267 e. The van der Waals surface area contributed by atoms with Crippen LogP contribution in [0.25, 0.3) is 10.8 Å². The molecule has 1 aliphatic rings. The molecule has 1 aliphatic heterocycles. The van der Waals surface area contributed by atoms with Crippen LogP contribution in [0.4, 0.5) is 0 Å². The molecule has 0 unspecified atom stereocenters. The van der Waals surface area contributed by atoms with Crippen LogP contribution in [-0.2, 0) is 4.79 Å². The lowest BCUT2D eigenvalue weighted by Gasteiger charge is -2.20. The molecule has 1 aromatic carbocycles. The minimum Gasteiger partial charge on any atom is -0.351 e. The SMILES string of the molecule is O=C(NCCCN1CCCCCC1=O)c1cc2ccccc2c(=O)[nH]1. The minimum atomic E-state index is -0.301. The van der Waals surface area contributed by atoms with Crippen LogP contribution in [0.3, 0.4) is 0 Å². The highest BCUT2D eigenvalue weighted by Gasteiger charge is 2.16. The predicted octanol–water partition coefficient (Wildman–Crippen LogP) is 2.05. The molecule has 2 amide bonds. The zero-order valence-corrected chi connectivity index (χ0v) is 14.2. The predicted molar refractivity (Wildman–Crippen MR) is 96.6 cm³/mol. The van der Waals surface area contributed by atoms with Crippen molar-refractivity contribution in [2.45, 2.75) is 32.1 Å². The monoisotopic (exact) mass is 341 g/mol. The van der Waals surface area contributed by atoms with Crippen molar-refractivity contribution in [1.82, 2.24) is 15.2 Å². The van der Waals surface area contributed by atoms with E-state index in [2.05, 4.69) is 10.3 Å². The van der Waals surface area contributed by atoms with E-state index in [1.54, 1.807) is 18.2 Å². The van der Waals surface area contributed by atoms with Gasteiger partial charge in [-0.1, -0.05) is 24.6 Å². The van der Waals surface area contributed by atoms with Crippen molar-refractivity contribution in [3.8, 4) is 0 Å². The van der Waals surface area contributed by atoms with Gasteiger partial charge in [-0.3, -0.25) is 14.4 Å². The van der Waals surface area contributed by atoms with Gasteiger partial charge in [-0.25, -0.2) is 0 Å². The van der Waals surface area contributed by atoms with Gasteiger partial charge in [-0.05, 0) is 36.8 Å². The van der Waals surface area contributed by atoms with E-state index >= 15 is 0 Å². The third kappa shape index (κ3) is 4.26. The molecule has 6 nitrogen and oxygen atoms in total. The highest BCUT2D eigenvalue weighted by molar-refractivity contribution is 5.96. The van der Waals surface area contributed by atoms with Crippen LogP contribution in [0.5, 0.6) is 0 Å². The maximum absolute atomic E-state index is 12.2. The number of hydrogen-bond acceptors (Lipinski definition) is 3. The molecule has 6 heteroatoms. The summed E-state index contributed by atoms with van der Waals surface area (Å²) in [5.41, 5.74) is -0.00652. The number of carbonyl (C=O) groups excluding carboxylic acids is 2. The summed E-state index contributed by atoms with van der Waals surface area (Å²) in [5, 5.41) is 4.12. The zero-order valence-electron chi connectivity index (χ0n) is 14.2. The van der Waals surface area contributed by atoms with Gasteiger partial charge in [0, 0.05) is 31.4 Å². The standard InChI is InChI=1S/C19H23N3O3/c23-17-9-2-1-5-11-22(17)12-6-10-20-19(25)16-13-14-7-3-4-8-15(14)18(24)21-16/h3-4,7-8,13H,1-2,5-6,9-12H2,(H,20,25)(H,21,24). The molecule has 2 heterocycles. The highest BCUT2D eigenvalue weighted by atomic mass is 16.2. The average molecular weight is 341 g/mol. The van der Waals surface area contributed by atoms with Gasteiger partial charge in [0.25, 0.3) is 11.5 Å². The van der Waals surface area contributed by atoms with E-state index in [0.717, 1.165) is 31.2 Å². The third-order valence-corrected chi connectivity index (χ3v) is 4.56. The van der Waals surface area contributed by atoms with Gasteiger partial charge < -0.3 is 15.2 Å². The molecular weight excluding hydrogens is 318 g/mol. The number of benzene rings is 1. The molecule has 0 radical (unpaired) electrons. The fraction of sp³-hybridized carbons (Fsp3) is 0.421. The summed E-state index contributed by atoms with van der Waals surface area (Å²) in [7, 11) is 0.